The average Bonchev–Trinajstić information content (AvgIpc) is 2.72. The predicted molar refractivity (Wildman–Crippen MR) is 122 cm³/mol. The number of piperidine rings is 1. The van der Waals surface area contributed by atoms with Gasteiger partial charge in [-0.15, -0.1) is 12.4 Å². The van der Waals surface area contributed by atoms with Gasteiger partial charge in [-0.1, -0.05) is 6.92 Å². The number of fused-ring (bicyclic) bond motifs is 1. The molecule has 1 aliphatic heterocycles. The van der Waals surface area contributed by atoms with Crippen LogP contribution in [-0.2, 0) is 0 Å². The summed E-state index contributed by atoms with van der Waals surface area (Å²) < 4.78 is 7.52. The third kappa shape index (κ3) is 4.99. The first kappa shape index (κ1) is 22.2. The summed E-state index contributed by atoms with van der Waals surface area (Å²) in [6.45, 7) is 8.36. The maximum Gasteiger partial charge on any atom is 0.267 e. The Morgan fingerprint density at radius 3 is 2.77 bits per heavy atom. The first-order valence-electron chi connectivity index (χ1n) is 10.4. The first-order valence-corrected chi connectivity index (χ1v) is 10.4. The molecule has 0 unspecified atom stereocenters. The highest BCUT2D eigenvalue weighted by Crippen LogP contribution is 2.18. The van der Waals surface area contributed by atoms with Gasteiger partial charge < -0.3 is 9.64 Å². The van der Waals surface area contributed by atoms with Crippen LogP contribution in [0.2, 0.25) is 0 Å². The van der Waals surface area contributed by atoms with Crippen molar-refractivity contribution in [1.82, 2.24) is 19.4 Å². The number of benzene rings is 1. The van der Waals surface area contributed by atoms with E-state index >= 15 is 0 Å². The zero-order chi connectivity index (χ0) is 20.2. The van der Waals surface area contributed by atoms with Gasteiger partial charge in [-0.3, -0.25) is 9.36 Å². The Hall–Kier alpha value is -2.44. The van der Waals surface area contributed by atoms with Gasteiger partial charge in [-0.05, 0) is 75.0 Å². The third-order valence-corrected chi connectivity index (χ3v) is 5.53. The van der Waals surface area contributed by atoms with Crippen molar-refractivity contribution in [3.63, 3.8) is 0 Å². The highest BCUT2D eigenvalue weighted by molar-refractivity contribution is 5.85. The molecule has 6 nitrogen and oxygen atoms in total. The molecule has 0 aliphatic carbocycles. The quantitative estimate of drug-likeness (QED) is 0.555. The van der Waals surface area contributed by atoms with Crippen molar-refractivity contribution in [2.75, 3.05) is 26.2 Å². The number of hydrogen-bond donors (Lipinski definition) is 0. The van der Waals surface area contributed by atoms with E-state index in [9.17, 15) is 4.79 Å². The highest BCUT2D eigenvalue weighted by Gasteiger charge is 2.15. The summed E-state index contributed by atoms with van der Waals surface area (Å²) in [7, 11) is 0. The van der Waals surface area contributed by atoms with Crippen molar-refractivity contribution in [3.05, 3.63) is 58.8 Å². The van der Waals surface area contributed by atoms with Crippen LogP contribution in [0.4, 0.5) is 0 Å². The zero-order valence-corrected chi connectivity index (χ0v) is 18.4. The van der Waals surface area contributed by atoms with Crippen LogP contribution in [0.3, 0.4) is 0 Å². The van der Waals surface area contributed by atoms with Gasteiger partial charge in [0.25, 0.3) is 5.56 Å². The van der Waals surface area contributed by atoms with Crippen molar-refractivity contribution < 1.29 is 4.74 Å². The molecule has 0 spiro atoms. The molecule has 1 aromatic carbocycles. The van der Waals surface area contributed by atoms with Gasteiger partial charge in [0.1, 0.15) is 11.6 Å². The minimum atomic E-state index is -0.106. The van der Waals surface area contributed by atoms with E-state index in [0.717, 1.165) is 30.3 Å². The number of aromatic nitrogens is 3. The van der Waals surface area contributed by atoms with E-state index in [0.29, 0.717) is 23.5 Å². The first-order chi connectivity index (χ1) is 14.1. The summed E-state index contributed by atoms with van der Waals surface area (Å²) in [4.78, 5) is 24.1. The molecule has 4 rings (SSSR count). The molecule has 1 fully saturated rings. The van der Waals surface area contributed by atoms with Gasteiger partial charge in [0.05, 0.1) is 17.7 Å². The van der Waals surface area contributed by atoms with Crippen LogP contribution in [0.5, 0.6) is 5.75 Å². The van der Waals surface area contributed by atoms with Gasteiger partial charge >= 0.3 is 0 Å². The maximum atomic E-state index is 12.9. The standard InChI is InChI=1S/C23H28N4O2.ClH/c1-17-6-4-13-26(16-17)14-5-15-29-20-10-8-19(9-11-20)27-18(2)25-22-21(23(27)28)7-3-12-24-22;/h3,7-12,17H,4-6,13-16H2,1-2H3;1H/t17-;/m0./s1. The predicted octanol–water partition coefficient (Wildman–Crippen LogP) is 4.01. The molecule has 0 amide bonds. The Kier molecular flexibility index (Phi) is 7.45. The van der Waals surface area contributed by atoms with E-state index in [1.807, 2.05) is 31.2 Å². The number of pyridine rings is 1. The Bertz CT molecular complexity index is 1040. The molecule has 2 aromatic heterocycles. The van der Waals surface area contributed by atoms with E-state index < -0.39 is 0 Å². The summed E-state index contributed by atoms with van der Waals surface area (Å²) in [5.41, 5.74) is 1.15. The van der Waals surface area contributed by atoms with Crippen LogP contribution in [0.15, 0.2) is 47.4 Å². The average molecular weight is 429 g/mol. The number of ether oxygens (including phenoxy) is 1. The molecule has 160 valence electrons. The molecule has 0 radical (unpaired) electrons. The number of nitrogens with zero attached hydrogens (tertiary/aromatic N) is 4. The second-order valence-electron chi connectivity index (χ2n) is 7.92. The highest BCUT2D eigenvalue weighted by atomic mass is 35.5. The minimum Gasteiger partial charge on any atom is -0.494 e. The third-order valence-electron chi connectivity index (χ3n) is 5.53. The minimum absolute atomic E-state index is 0. The van der Waals surface area contributed by atoms with E-state index in [1.165, 1.54) is 25.9 Å². The van der Waals surface area contributed by atoms with Crippen molar-refractivity contribution in [2.45, 2.75) is 33.1 Å². The number of aryl methyl sites for hydroxylation is 1. The van der Waals surface area contributed by atoms with Gasteiger partial charge in [0.2, 0.25) is 0 Å². The summed E-state index contributed by atoms with van der Waals surface area (Å²) in [5.74, 6) is 2.25. The smallest absolute Gasteiger partial charge is 0.267 e. The van der Waals surface area contributed by atoms with Crippen molar-refractivity contribution >= 4 is 23.4 Å². The Labute approximate surface area is 183 Å². The topological polar surface area (TPSA) is 60.3 Å². The number of rotatable bonds is 6. The molecule has 3 aromatic rings. The van der Waals surface area contributed by atoms with E-state index in [-0.39, 0.29) is 18.0 Å². The maximum absolute atomic E-state index is 12.9. The lowest BCUT2D eigenvalue weighted by molar-refractivity contribution is 0.170. The lowest BCUT2D eigenvalue weighted by Crippen LogP contribution is -2.35. The van der Waals surface area contributed by atoms with Gasteiger partial charge in [-0.2, -0.15) is 0 Å². The van der Waals surface area contributed by atoms with Crippen LogP contribution >= 0.6 is 12.4 Å². The molecule has 0 N–H and O–H groups in total. The van der Waals surface area contributed by atoms with Crippen LogP contribution in [0, 0.1) is 12.8 Å². The largest absolute Gasteiger partial charge is 0.494 e. The van der Waals surface area contributed by atoms with Crippen LogP contribution in [0.25, 0.3) is 16.7 Å². The van der Waals surface area contributed by atoms with Gasteiger partial charge in [0, 0.05) is 19.3 Å². The lowest BCUT2D eigenvalue weighted by Gasteiger charge is -2.30. The summed E-state index contributed by atoms with van der Waals surface area (Å²) in [6, 6.07) is 11.1. The number of likely N-dealkylation sites (tertiary alicyclic amines) is 1. The lowest BCUT2D eigenvalue weighted by atomic mass is 10.0. The normalized spacial score (nSPS) is 16.9. The summed E-state index contributed by atoms with van der Waals surface area (Å²) in [6.07, 6.45) is 5.33. The summed E-state index contributed by atoms with van der Waals surface area (Å²) in [5, 5.41) is 0.519. The fourth-order valence-corrected chi connectivity index (χ4v) is 4.09. The van der Waals surface area contributed by atoms with Crippen LogP contribution in [-0.4, -0.2) is 45.7 Å². The molecule has 1 aliphatic rings. The van der Waals surface area contributed by atoms with Gasteiger partial charge in [-0.25, -0.2) is 9.97 Å². The van der Waals surface area contributed by atoms with Crippen LogP contribution < -0.4 is 10.3 Å². The Morgan fingerprint density at radius 2 is 2.00 bits per heavy atom. The van der Waals surface area contributed by atoms with Crippen molar-refractivity contribution in [3.8, 4) is 11.4 Å². The molecule has 0 saturated carbocycles. The summed E-state index contributed by atoms with van der Waals surface area (Å²) >= 11 is 0. The molecule has 7 heteroatoms. The molecule has 30 heavy (non-hydrogen) atoms. The molecule has 1 atom stereocenters. The second kappa shape index (κ2) is 10.0. The zero-order valence-electron chi connectivity index (χ0n) is 17.6. The van der Waals surface area contributed by atoms with Crippen LogP contribution in [0.1, 0.15) is 32.0 Å². The van der Waals surface area contributed by atoms with Crippen molar-refractivity contribution in [1.29, 1.82) is 0 Å². The number of hydrogen-bond acceptors (Lipinski definition) is 5. The molecule has 3 heterocycles. The van der Waals surface area contributed by atoms with E-state index in [1.54, 1.807) is 22.9 Å². The van der Waals surface area contributed by atoms with Gasteiger partial charge in [0.15, 0.2) is 5.65 Å². The Balaban J connectivity index is 0.00000256. The number of halogens is 1. The van der Waals surface area contributed by atoms with Crippen molar-refractivity contribution in [2.24, 2.45) is 5.92 Å². The van der Waals surface area contributed by atoms with E-state index in [2.05, 4.69) is 21.8 Å². The Morgan fingerprint density at radius 1 is 1.20 bits per heavy atom. The fraction of sp³-hybridized carbons (Fsp3) is 0.435. The SMILES string of the molecule is Cc1nc2ncccc2c(=O)n1-c1ccc(OCCCN2CCC[C@H](C)C2)cc1.Cl. The molecular weight excluding hydrogens is 400 g/mol. The molecule has 0 bridgehead atoms. The fourth-order valence-electron chi connectivity index (χ4n) is 4.09. The van der Waals surface area contributed by atoms with E-state index in [4.69, 9.17) is 4.74 Å². The second-order valence-corrected chi connectivity index (χ2v) is 7.92. The monoisotopic (exact) mass is 428 g/mol. The molecule has 1 saturated heterocycles. The molecular formula is C23H29ClN4O2.